The molecule has 0 N–H and O–H groups in total. The van der Waals surface area contributed by atoms with E-state index in [1.807, 2.05) is 36.1 Å². The highest BCUT2D eigenvalue weighted by Crippen LogP contribution is 2.34. The fourth-order valence-corrected chi connectivity index (χ4v) is 5.15. The fourth-order valence-electron chi connectivity index (χ4n) is 4.75. The van der Waals surface area contributed by atoms with E-state index in [0.717, 1.165) is 28.7 Å². The van der Waals surface area contributed by atoms with Crippen LogP contribution >= 0.6 is 15.9 Å². The van der Waals surface area contributed by atoms with E-state index in [2.05, 4.69) is 77.8 Å². The van der Waals surface area contributed by atoms with E-state index in [-0.39, 0.29) is 29.8 Å². The van der Waals surface area contributed by atoms with Gasteiger partial charge in [-0.2, -0.15) is 0 Å². The molecular weight excluding hydrogens is 502 g/mol. The molecule has 184 valence electrons. The molecule has 2 heterocycles. The number of nitrogens with zero attached hydrogens (tertiary/aromatic N) is 3. The van der Waals surface area contributed by atoms with Crippen molar-refractivity contribution >= 4 is 27.7 Å². The second-order valence-electron chi connectivity index (χ2n) is 10.2. The lowest BCUT2D eigenvalue weighted by Gasteiger charge is -2.38. The highest BCUT2D eigenvalue weighted by atomic mass is 79.9. The molecule has 5 nitrogen and oxygen atoms in total. The molecule has 0 saturated heterocycles. The summed E-state index contributed by atoms with van der Waals surface area (Å²) in [6.07, 6.45) is 2.86. The molecule has 1 aromatic heterocycles. The molecule has 1 aliphatic rings. The number of rotatable bonds is 6. The minimum Gasteiger partial charge on any atom is -0.348 e. The topological polar surface area (TPSA) is 45.6 Å². The van der Waals surface area contributed by atoms with E-state index in [4.69, 9.17) is 0 Å². The Kier molecular flexibility index (Phi) is 7.50. The molecule has 4 rings (SSSR count). The molecule has 2 amide bonds. The van der Waals surface area contributed by atoms with Crippen LogP contribution in [0.25, 0.3) is 0 Å². The quantitative estimate of drug-likeness (QED) is 0.386. The Balaban J connectivity index is 1.62. The molecule has 1 atom stereocenters. The SMILES string of the molecule is CCCN(CC(=O)N1CCn2cccc2C1c1ccc(C(C)(C)C)cc1)C(=O)c1cccc(Br)c1. The molecule has 0 aliphatic carbocycles. The first-order chi connectivity index (χ1) is 16.7. The summed E-state index contributed by atoms with van der Waals surface area (Å²) in [5, 5.41) is 0. The first kappa shape index (κ1) is 25.2. The van der Waals surface area contributed by atoms with Crippen molar-refractivity contribution < 1.29 is 9.59 Å². The number of carbonyl (C=O) groups is 2. The number of aromatic nitrogens is 1. The van der Waals surface area contributed by atoms with E-state index in [1.165, 1.54) is 5.56 Å². The van der Waals surface area contributed by atoms with Crippen molar-refractivity contribution in [3.63, 3.8) is 0 Å². The molecule has 1 aliphatic heterocycles. The van der Waals surface area contributed by atoms with E-state index in [9.17, 15) is 9.59 Å². The number of benzene rings is 2. The molecule has 0 radical (unpaired) electrons. The Labute approximate surface area is 216 Å². The summed E-state index contributed by atoms with van der Waals surface area (Å²) in [5.41, 5.74) is 4.11. The first-order valence-electron chi connectivity index (χ1n) is 12.3. The molecule has 2 aromatic carbocycles. The standard InChI is InChI=1S/C29H34BrN3O2/c1-5-15-32(28(35)22-8-6-9-24(30)19-22)20-26(34)33-18-17-31-16-7-10-25(31)27(33)21-11-13-23(14-12-21)29(2,3)4/h6-14,16,19,27H,5,15,17-18,20H2,1-4H3. The van der Waals surface area contributed by atoms with Crippen molar-refractivity contribution in [1.82, 2.24) is 14.4 Å². The summed E-state index contributed by atoms with van der Waals surface area (Å²) in [4.78, 5) is 30.6. The van der Waals surface area contributed by atoms with Crippen molar-refractivity contribution in [1.29, 1.82) is 0 Å². The third-order valence-electron chi connectivity index (χ3n) is 6.63. The van der Waals surface area contributed by atoms with Crippen LogP contribution in [0.3, 0.4) is 0 Å². The first-order valence-corrected chi connectivity index (χ1v) is 13.1. The lowest BCUT2D eigenvalue weighted by molar-refractivity contribution is -0.134. The van der Waals surface area contributed by atoms with Crippen LogP contribution in [0, 0.1) is 0 Å². The van der Waals surface area contributed by atoms with Gasteiger partial charge in [0.15, 0.2) is 0 Å². The number of halogens is 1. The maximum Gasteiger partial charge on any atom is 0.254 e. The van der Waals surface area contributed by atoms with Crippen molar-refractivity contribution in [3.8, 4) is 0 Å². The number of hydrogen-bond acceptors (Lipinski definition) is 2. The summed E-state index contributed by atoms with van der Waals surface area (Å²) in [6, 6.07) is 19.9. The minimum atomic E-state index is -0.176. The van der Waals surface area contributed by atoms with Gasteiger partial charge in [0, 0.05) is 41.6 Å². The monoisotopic (exact) mass is 535 g/mol. The molecule has 0 fully saturated rings. The molecule has 0 bridgehead atoms. The second-order valence-corrected chi connectivity index (χ2v) is 11.1. The predicted octanol–water partition coefficient (Wildman–Crippen LogP) is 6.03. The third kappa shape index (κ3) is 5.53. The zero-order valence-electron chi connectivity index (χ0n) is 21.0. The van der Waals surface area contributed by atoms with E-state index in [0.29, 0.717) is 18.7 Å². The van der Waals surface area contributed by atoms with Gasteiger partial charge in [-0.25, -0.2) is 0 Å². The van der Waals surface area contributed by atoms with E-state index in [1.54, 1.807) is 11.0 Å². The molecule has 35 heavy (non-hydrogen) atoms. The van der Waals surface area contributed by atoms with Gasteiger partial charge in [-0.1, -0.05) is 74.0 Å². The Morgan fingerprint density at radius 1 is 1.03 bits per heavy atom. The zero-order chi connectivity index (χ0) is 25.2. The van der Waals surface area contributed by atoms with Crippen LogP contribution in [-0.4, -0.2) is 45.8 Å². The van der Waals surface area contributed by atoms with Crippen molar-refractivity contribution in [2.24, 2.45) is 0 Å². The molecule has 1 unspecified atom stereocenters. The summed E-state index contributed by atoms with van der Waals surface area (Å²) < 4.78 is 3.07. The predicted molar refractivity (Wildman–Crippen MR) is 143 cm³/mol. The molecule has 0 saturated carbocycles. The van der Waals surface area contributed by atoms with Crippen molar-refractivity contribution in [3.05, 3.63) is 93.7 Å². The van der Waals surface area contributed by atoms with E-state index < -0.39 is 0 Å². The maximum absolute atomic E-state index is 13.7. The van der Waals surface area contributed by atoms with Crippen LogP contribution in [0.4, 0.5) is 0 Å². The lowest BCUT2D eigenvalue weighted by Crippen LogP contribution is -2.48. The van der Waals surface area contributed by atoms with Gasteiger partial charge in [0.1, 0.15) is 6.54 Å². The largest absolute Gasteiger partial charge is 0.348 e. The molecular formula is C29H34BrN3O2. The summed E-state index contributed by atoms with van der Waals surface area (Å²) in [6.45, 7) is 10.6. The van der Waals surface area contributed by atoms with Gasteiger partial charge in [0.25, 0.3) is 5.91 Å². The van der Waals surface area contributed by atoms with Crippen molar-refractivity contribution in [2.75, 3.05) is 19.6 Å². The van der Waals surface area contributed by atoms with Gasteiger partial charge in [0.2, 0.25) is 5.91 Å². The smallest absolute Gasteiger partial charge is 0.254 e. The Morgan fingerprint density at radius 3 is 2.43 bits per heavy atom. The Morgan fingerprint density at radius 2 is 1.77 bits per heavy atom. The number of fused-ring (bicyclic) bond motifs is 1. The average molecular weight is 537 g/mol. The fraction of sp³-hybridized carbons (Fsp3) is 0.379. The number of hydrogen-bond donors (Lipinski definition) is 0. The van der Waals surface area contributed by atoms with Crippen LogP contribution in [-0.2, 0) is 16.8 Å². The van der Waals surface area contributed by atoms with Crippen LogP contribution in [0.1, 0.15) is 67.3 Å². The average Bonchev–Trinajstić information content (AvgIpc) is 3.31. The van der Waals surface area contributed by atoms with Crippen LogP contribution in [0.2, 0.25) is 0 Å². The Bertz CT molecular complexity index is 1190. The van der Waals surface area contributed by atoms with E-state index >= 15 is 0 Å². The van der Waals surface area contributed by atoms with Crippen LogP contribution < -0.4 is 0 Å². The summed E-state index contributed by atoms with van der Waals surface area (Å²) in [5.74, 6) is -0.146. The Hall–Kier alpha value is -2.86. The second kappa shape index (κ2) is 10.4. The molecule has 3 aromatic rings. The van der Waals surface area contributed by atoms with Gasteiger partial charge in [-0.3, -0.25) is 9.59 Å². The zero-order valence-corrected chi connectivity index (χ0v) is 22.6. The van der Waals surface area contributed by atoms with Gasteiger partial charge < -0.3 is 14.4 Å². The van der Waals surface area contributed by atoms with Crippen LogP contribution in [0.15, 0.2) is 71.3 Å². The maximum atomic E-state index is 13.7. The summed E-state index contributed by atoms with van der Waals surface area (Å²) >= 11 is 3.45. The molecule has 0 spiro atoms. The third-order valence-corrected chi connectivity index (χ3v) is 7.12. The minimum absolute atomic E-state index is 0.0286. The van der Waals surface area contributed by atoms with Crippen LogP contribution in [0.5, 0.6) is 0 Å². The van der Waals surface area contributed by atoms with Crippen molar-refractivity contribution in [2.45, 2.75) is 52.1 Å². The summed E-state index contributed by atoms with van der Waals surface area (Å²) in [7, 11) is 0. The molecule has 6 heteroatoms. The van der Waals surface area contributed by atoms with Gasteiger partial charge >= 0.3 is 0 Å². The normalized spacial score (nSPS) is 15.6. The van der Waals surface area contributed by atoms with Gasteiger partial charge in [0.05, 0.1) is 6.04 Å². The highest BCUT2D eigenvalue weighted by Gasteiger charge is 2.33. The number of amides is 2. The lowest BCUT2D eigenvalue weighted by atomic mass is 9.86. The van der Waals surface area contributed by atoms with Gasteiger partial charge in [-0.05, 0) is 53.3 Å². The van der Waals surface area contributed by atoms with Gasteiger partial charge in [-0.15, -0.1) is 0 Å². The number of carbonyl (C=O) groups excluding carboxylic acids is 2. The highest BCUT2D eigenvalue weighted by molar-refractivity contribution is 9.10.